The first kappa shape index (κ1) is 23.5. The Morgan fingerprint density at radius 3 is 2.20 bits per heavy atom. The minimum atomic E-state index is -0.349. The maximum atomic E-state index is 13.7. The van der Waals surface area contributed by atoms with Gasteiger partial charge in [0.25, 0.3) is 5.91 Å². The van der Waals surface area contributed by atoms with E-state index < -0.39 is 0 Å². The van der Waals surface area contributed by atoms with E-state index in [0.717, 1.165) is 26.1 Å². The van der Waals surface area contributed by atoms with E-state index in [-0.39, 0.29) is 17.1 Å². The molecule has 0 fully saturated rings. The van der Waals surface area contributed by atoms with Gasteiger partial charge >= 0.3 is 0 Å². The highest BCUT2D eigenvalue weighted by Crippen LogP contribution is 2.48. The van der Waals surface area contributed by atoms with Crippen molar-refractivity contribution in [3.63, 3.8) is 0 Å². The van der Waals surface area contributed by atoms with Gasteiger partial charge in [-0.2, -0.15) is 0 Å². The van der Waals surface area contributed by atoms with Crippen LogP contribution < -0.4 is 10.2 Å². The van der Waals surface area contributed by atoms with Crippen LogP contribution in [0.2, 0.25) is 5.02 Å². The fourth-order valence-electron chi connectivity index (χ4n) is 3.86. The van der Waals surface area contributed by atoms with Gasteiger partial charge in [0.1, 0.15) is 0 Å². The predicted molar refractivity (Wildman–Crippen MR) is 145 cm³/mol. The summed E-state index contributed by atoms with van der Waals surface area (Å²) in [4.78, 5) is 31.2. The van der Waals surface area contributed by atoms with Gasteiger partial charge < -0.3 is 5.32 Å². The minimum absolute atomic E-state index is 0.00330. The SMILES string of the molecule is CC(Sc1cccc(NC(=O)c2cccc(Cl)c2)c1)C(=O)N1c2ccccc2Sc2ccccc21. The molecular formula is C28H21ClN2O2S2. The molecule has 0 saturated heterocycles. The molecule has 4 aromatic rings. The van der Waals surface area contributed by atoms with Crippen molar-refractivity contribution in [1.82, 2.24) is 0 Å². The molecule has 1 aliphatic heterocycles. The van der Waals surface area contributed by atoms with Gasteiger partial charge in [0.15, 0.2) is 0 Å². The highest BCUT2D eigenvalue weighted by atomic mass is 35.5. The molecule has 7 heteroatoms. The molecule has 5 rings (SSSR count). The molecule has 0 aliphatic carbocycles. The van der Waals surface area contributed by atoms with Gasteiger partial charge in [-0.1, -0.05) is 59.8 Å². The van der Waals surface area contributed by atoms with Crippen LogP contribution in [0.5, 0.6) is 0 Å². The molecule has 0 saturated carbocycles. The number of rotatable bonds is 5. The van der Waals surface area contributed by atoms with E-state index in [2.05, 4.69) is 5.32 Å². The van der Waals surface area contributed by atoms with Crippen LogP contribution in [0.25, 0.3) is 0 Å². The molecule has 174 valence electrons. The highest BCUT2D eigenvalue weighted by molar-refractivity contribution is 8.00. The van der Waals surface area contributed by atoms with Gasteiger partial charge in [-0.05, 0) is 67.6 Å². The average Bonchev–Trinajstić information content (AvgIpc) is 2.87. The van der Waals surface area contributed by atoms with E-state index in [1.807, 2.05) is 84.6 Å². The fraction of sp³-hybridized carbons (Fsp3) is 0.0714. The average molecular weight is 517 g/mol. The van der Waals surface area contributed by atoms with Crippen molar-refractivity contribution < 1.29 is 9.59 Å². The number of carbonyl (C=O) groups is 2. The Morgan fingerprint density at radius 2 is 1.51 bits per heavy atom. The summed E-state index contributed by atoms with van der Waals surface area (Å²) in [6, 6.07) is 30.3. The summed E-state index contributed by atoms with van der Waals surface area (Å²) in [5.74, 6) is -0.235. The van der Waals surface area contributed by atoms with E-state index in [1.165, 1.54) is 11.8 Å². The second-order valence-corrected chi connectivity index (χ2v) is 10.9. The monoisotopic (exact) mass is 516 g/mol. The fourth-order valence-corrected chi connectivity index (χ4v) is 6.07. The molecule has 0 radical (unpaired) electrons. The van der Waals surface area contributed by atoms with Crippen molar-refractivity contribution in [2.24, 2.45) is 0 Å². The maximum absolute atomic E-state index is 13.7. The van der Waals surface area contributed by atoms with Crippen LogP contribution in [0, 0.1) is 0 Å². The molecule has 0 bridgehead atoms. The van der Waals surface area contributed by atoms with E-state index in [0.29, 0.717) is 16.3 Å². The summed E-state index contributed by atoms with van der Waals surface area (Å²) in [5, 5.41) is 3.07. The molecule has 2 amide bonds. The molecule has 35 heavy (non-hydrogen) atoms. The van der Waals surface area contributed by atoms with Gasteiger partial charge in [-0.15, -0.1) is 11.8 Å². The third-order valence-corrected chi connectivity index (χ3v) is 7.94. The molecule has 1 unspecified atom stereocenters. The Morgan fingerprint density at radius 1 is 0.857 bits per heavy atom. The summed E-state index contributed by atoms with van der Waals surface area (Å²) in [7, 11) is 0. The number of halogens is 1. The molecule has 1 heterocycles. The number of amides is 2. The van der Waals surface area contributed by atoms with Crippen molar-refractivity contribution >= 4 is 64.0 Å². The summed E-state index contributed by atoms with van der Waals surface area (Å²) in [6.07, 6.45) is 0. The van der Waals surface area contributed by atoms with Crippen molar-refractivity contribution in [1.29, 1.82) is 0 Å². The Labute approximate surface area is 217 Å². The summed E-state index contributed by atoms with van der Waals surface area (Å²) in [5.41, 5.74) is 2.94. The molecule has 0 spiro atoms. The molecule has 4 aromatic carbocycles. The molecular weight excluding hydrogens is 496 g/mol. The number of anilines is 3. The lowest BCUT2D eigenvalue weighted by molar-refractivity contribution is -0.117. The first-order valence-corrected chi connectivity index (χ1v) is 13.1. The number of hydrogen-bond donors (Lipinski definition) is 1. The van der Waals surface area contributed by atoms with Gasteiger partial charge in [0, 0.05) is 31.0 Å². The molecule has 1 N–H and O–H groups in total. The minimum Gasteiger partial charge on any atom is -0.322 e. The molecule has 4 nitrogen and oxygen atoms in total. The second-order valence-electron chi connectivity index (χ2n) is 7.96. The lowest BCUT2D eigenvalue weighted by Gasteiger charge is -2.32. The largest absolute Gasteiger partial charge is 0.322 e. The zero-order valence-electron chi connectivity index (χ0n) is 18.8. The molecule has 1 aliphatic rings. The van der Waals surface area contributed by atoms with Crippen LogP contribution >= 0.6 is 35.1 Å². The number of para-hydroxylation sites is 2. The molecule has 0 aromatic heterocycles. The third-order valence-electron chi connectivity index (χ3n) is 5.49. The van der Waals surface area contributed by atoms with Gasteiger partial charge in [0.2, 0.25) is 5.91 Å². The summed E-state index contributed by atoms with van der Waals surface area (Å²) < 4.78 is 0. The van der Waals surface area contributed by atoms with Crippen molar-refractivity contribution in [3.8, 4) is 0 Å². The van der Waals surface area contributed by atoms with Crippen LogP contribution in [0.1, 0.15) is 17.3 Å². The second kappa shape index (κ2) is 10.2. The topological polar surface area (TPSA) is 49.4 Å². The first-order chi connectivity index (χ1) is 17.0. The number of benzene rings is 4. The smallest absolute Gasteiger partial charge is 0.255 e. The van der Waals surface area contributed by atoms with E-state index in [9.17, 15) is 9.59 Å². The predicted octanol–water partition coefficient (Wildman–Crippen LogP) is 7.90. The zero-order valence-corrected chi connectivity index (χ0v) is 21.2. The number of hydrogen-bond acceptors (Lipinski definition) is 4. The lowest BCUT2D eigenvalue weighted by Crippen LogP contribution is -2.34. The Bertz CT molecular complexity index is 1380. The van der Waals surface area contributed by atoms with Crippen molar-refractivity contribution in [2.45, 2.75) is 26.9 Å². The van der Waals surface area contributed by atoms with Crippen LogP contribution in [-0.4, -0.2) is 17.1 Å². The number of nitrogens with one attached hydrogen (secondary N) is 1. The van der Waals surface area contributed by atoms with Gasteiger partial charge in [-0.25, -0.2) is 0 Å². The summed E-state index contributed by atoms with van der Waals surface area (Å²) >= 11 is 9.15. The van der Waals surface area contributed by atoms with Crippen LogP contribution in [-0.2, 0) is 4.79 Å². The van der Waals surface area contributed by atoms with Crippen LogP contribution in [0.4, 0.5) is 17.1 Å². The maximum Gasteiger partial charge on any atom is 0.255 e. The number of fused-ring (bicyclic) bond motifs is 2. The van der Waals surface area contributed by atoms with Crippen LogP contribution in [0.3, 0.4) is 0 Å². The van der Waals surface area contributed by atoms with Gasteiger partial charge in [-0.3, -0.25) is 14.5 Å². The quantitative estimate of drug-likeness (QED) is 0.274. The number of carbonyl (C=O) groups excluding carboxylic acids is 2. The van der Waals surface area contributed by atoms with E-state index >= 15 is 0 Å². The Balaban J connectivity index is 1.35. The Kier molecular flexibility index (Phi) is 6.86. The first-order valence-electron chi connectivity index (χ1n) is 11.0. The van der Waals surface area contributed by atoms with Crippen molar-refractivity contribution in [2.75, 3.05) is 10.2 Å². The van der Waals surface area contributed by atoms with E-state index in [1.54, 1.807) is 36.0 Å². The lowest BCUT2D eigenvalue weighted by atomic mass is 10.2. The normalized spacial score (nSPS) is 12.9. The van der Waals surface area contributed by atoms with Crippen LogP contribution in [0.15, 0.2) is 112 Å². The number of thioether (sulfide) groups is 1. The Hall–Kier alpha value is -3.19. The van der Waals surface area contributed by atoms with E-state index in [4.69, 9.17) is 11.6 Å². The van der Waals surface area contributed by atoms with Crippen molar-refractivity contribution in [3.05, 3.63) is 108 Å². The molecule has 1 atom stereocenters. The summed E-state index contributed by atoms with van der Waals surface area (Å²) in [6.45, 7) is 1.91. The standard InChI is InChI=1S/C28H21ClN2O2S2/c1-18(28(33)31-23-12-2-4-14-25(23)35-26-15-5-3-13-24(26)31)34-22-11-7-10-21(17-22)30-27(32)19-8-6-9-20(29)16-19/h2-18H,1H3,(H,30,32). The van der Waals surface area contributed by atoms with Gasteiger partial charge in [0.05, 0.1) is 16.6 Å². The zero-order chi connectivity index (χ0) is 24.4. The number of nitrogens with zero attached hydrogens (tertiary/aromatic N) is 1. The highest BCUT2D eigenvalue weighted by Gasteiger charge is 2.31. The third kappa shape index (κ3) is 5.10.